The molecular weight excluding hydrogens is 324 g/mol. The van der Waals surface area contributed by atoms with Crippen LogP contribution in [0.3, 0.4) is 0 Å². The smallest absolute Gasteiger partial charge is 0.238 e. The third kappa shape index (κ3) is 5.49. The van der Waals surface area contributed by atoms with E-state index in [1.165, 1.54) is 5.69 Å². The highest BCUT2D eigenvalue weighted by molar-refractivity contribution is 5.92. The monoisotopic (exact) mass is 352 g/mol. The number of carbonyl (C=O) groups excluding carboxylic acids is 1. The van der Waals surface area contributed by atoms with Gasteiger partial charge >= 0.3 is 0 Å². The first-order valence-electron chi connectivity index (χ1n) is 9.40. The molecular formula is C21H28N4O. The molecule has 0 spiro atoms. The van der Waals surface area contributed by atoms with Crippen molar-refractivity contribution in [2.24, 2.45) is 0 Å². The van der Waals surface area contributed by atoms with Gasteiger partial charge in [0, 0.05) is 42.7 Å². The van der Waals surface area contributed by atoms with Crippen LogP contribution in [-0.2, 0) is 4.79 Å². The van der Waals surface area contributed by atoms with Crippen molar-refractivity contribution in [1.29, 1.82) is 0 Å². The summed E-state index contributed by atoms with van der Waals surface area (Å²) in [6.45, 7) is 5.29. The lowest BCUT2D eigenvalue weighted by Crippen LogP contribution is -2.42. The zero-order valence-corrected chi connectivity index (χ0v) is 15.4. The number of hydrogen-bond donors (Lipinski definition) is 3. The second-order valence-corrected chi connectivity index (χ2v) is 6.72. The largest absolute Gasteiger partial charge is 0.385 e. The minimum atomic E-state index is 0.0515. The molecule has 5 nitrogen and oxygen atoms in total. The Hall–Kier alpha value is -2.53. The molecule has 3 rings (SSSR count). The Bertz CT molecular complexity index is 679. The number of benzene rings is 2. The fourth-order valence-electron chi connectivity index (χ4n) is 3.28. The Kier molecular flexibility index (Phi) is 6.50. The summed E-state index contributed by atoms with van der Waals surface area (Å²) in [7, 11) is 0. The number of nitrogens with zero attached hydrogens (tertiary/aromatic N) is 1. The van der Waals surface area contributed by atoms with Gasteiger partial charge in [-0.05, 0) is 56.2 Å². The molecule has 0 radical (unpaired) electrons. The fraction of sp³-hybridized carbons (Fsp3) is 0.381. The summed E-state index contributed by atoms with van der Waals surface area (Å²) in [6, 6.07) is 18.6. The predicted molar refractivity (Wildman–Crippen MR) is 109 cm³/mol. The zero-order valence-electron chi connectivity index (χ0n) is 15.4. The van der Waals surface area contributed by atoms with Gasteiger partial charge in [-0.3, -0.25) is 9.69 Å². The van der Waals surface area contributed by atoms with Gasteiger partial charge in [0.2, 0.25) is 5.91 Å². The average Bonchev–Trinajstić information content (AvgIpc) is 2.66. The van der Waals surface area contributed by atoms with Crippen LogP contribution in [0.5, 0.6) is 0 Å². The summed E-state index contributed by atoms with van der Waals surface area (Å²) in [5.74, 6) is 0.0515. The van der Waals surface area contributed by atoms with E-state index in [4.69, 9.17) is 0 Å². The van der Waals surface area contributed by atoms with Crippen LogP contribution in [0.15, 0.2) is 54.6 Å². The van der Waals surface area contributed by atoms with Crippen LogP contribution in [-0.4, -0.2) is 43.0 Å². The molecule has 2 aromatic rings. The fourth-order valence-corrected chi connectivity index (χ4v) is 3.28. The molecule has 1 aliphatic rings. The Morgan fingerprint density at radius 3 is 2.27 bits per heavy atom. The highest BCUT2D eigenvalue weighted by Gasteiger charge is 2.20. The molecule has 0 aliphatic carbocycles. The van der Waals surface area contributed by atoms with Crippen molar-refractivity contribution in [2.75, 3.05) is 42.1 Å². The maximum atomic E-state index is 12.3. The summed E-state index contributed by atoms with van der Waals surface area (Å²) in [4.78, 5) is 14.5. The van der Waals surface area contributed by atoms with Crippen LogP contribution >= 0.6 is 0 Å². The number of rotatable bonds is 7. The summed E-state index contributed by atoms with van der Waals surface area (Å²) < 4.78 is 0. The number of piperidine rings is 1. The Morgan fingerprint density at radius 2 is 1.62 bits per heavy atom. The van der Waals surface area contributed by atoms with Crippen molar-refractivity contribution in [1.82, 2.24) is 4.90 Å². The van der Waals surface area contributed by atoms with Gasteiger partial charge < -0.3 is 16.0 Å². The number of amides is 1. The lowest BCUT2D eigenvalue weighted by molar-refractivity contribution is -0.117. The van der Waals surface area contributed by atoms with Crippen LogP contribution < -0.4 is 16.0 Å². The van der Waals surface area contributed by atoms with Crippen LogP contribution in [0, 0.1) is 0 Å². The number of nitrogens with one attached hydrogen (secondary N) is 3. The molecule has 0 bridgehead atoms. The molecule has 1 saturated heterocycles. The quantitative estimate of drug-likeness (QED) is 0.712. The third-order valence-corrected chi connectivity index (χ3v) is 4.65. The zero-order chi connectivity index (χ0) is 18.2. The second kappa shape index (κ2) is 9.25. The van der Waals surface area contributed by atoms with E-state index in [1.54, 1.807) is 0 Å². The molecule has 0 atom stereocenters. The van der Waals surface area contributed by atoms with Gasteiger partial charge in [0.25, 0.3) is 0 Å². The molecule has 138 valence electrons. The van der Waals surface area contributed by atoms with Crippen molar-refractivity contribution >= 4 is 23.0 Å². The summed E-state index contributed by atoms with van der Waals surface area (Å²) in [5, 5.41) is 9.81. The molecule has 1 heterocycles. The van der Waals surface area contributed by atoms with Gasteiger partial charge in [-0.25, -0.2) is 0 Å². The lowest BCUT2D eigenvalue weighted by atomic mass is 10.0. The van der Waals surface area contributed by atoms with E-state index >= 15 is 0 Å². The van der Waals surface area contributed by atoms with E-state index in [9.17, 15) is 4.79 Å². The Morgan fingerprint density at radius 1 is 0.962 bits per heavy atom. The number of anilines is 3. The maximum Gasteiger partial charge on any atom is 0.238 e. The minimum absolute atomic E-state index is 0.0515. The van der Waals surface area contributed by atoms with Gasteiger partial charge in [0.15, 0.2) is 0 Å². The van der Waals surface area contributed by atoms with Crippen LogP contribution in [0.25, 0.3) is 0 Å². The van der Waals surface area contributed by atoms with E-state index in [2.05, 4.69) is 39.9 Å². The SMILES string of the molecule is CCNc1ccc(NC(=O)CN2CCC(Nc3ccccc3)CC2)cc1. The van der Waals surface area contributed by atoms with Crippen molar-refractivity contribution < 1.29 is 4.79 Å². The maximum absolute atomic E-state index is 12.3. The summed E-state index contributed by atoms with van der Waals surface area (Å²) in [5.41, 5.74) is 3.08. The second-order valence-electron chi connectivity index (χ2n) is 6.72. The van der Waals surface area contributed by atoms with E-state index in [0.29, 0.717) is 12.6 Å². The van der Waals surface area contributed by atoms with Crippen molar-refractivity contribution in [3.63, 3.8) is 0 Å². The number of likely N-dealkylation sites (tertiary alicyclic amines) is 1. The van der Waals surface area contributed by atoms with Gasteiger partial charge in [-0.2, -0.15) is 0 Å². The average molecular weight is 352 g/mol. The summed E-state index contributed by atoms with van der Waals surface area (Å²) in [6.07, 6.45) is 2.11. The molecule has 0 saturated carbocycles. The molecule has 3 N–H and O–H groups in total. The highest BCUT2D eigenvalue weighted by atomic mass is 16.2. The van der Waals surface area contributed by atoms with Gasteiger partial charge in [-0.1, -0.05) is 18.2 Å². The molecule has 5 heteroatoms. The molecule has 26 heavy (non-hydrogen) atoms. The van der Waals surface area contributed by atoms with Crippen LogP contribution in [0.1, 0.15) is 19.8 Å². The van der Waals surface area contributed by atoms with Crippen LogP contribution in [0.2, 0.25) is 0 Å². The first kappa shape index (κ1) is 18.3. The highest BCUT2D eigenvalue weighted by Crippen LogP contribution is 2.17. The minimum Gasteiger partial charge on any atom is -0.385 e. The molecule has 1 aliphatic heterocycles. The lowest BCUT2D eigenvalue weighted by Gasteiger charge is -2.32. The molecule has 1 fully saturated rings. The third-order valence-electron chi connectivity index (χ3n) is 4.65. The van der Waals surface area contributed by atoms with E-state index < -0.39 is 0 Å². The van der Waals surface area contributed by atoms with E-state index in [0.717, 1.165) is 43.9 Å². The van der Waals surface area contributed by atoms with E-state index in [-0.39, 0.29) is 5.91 Å². The van der Waals surface area contributed by atoms with Crippen molar-refractivity contribution in [3.05, 3.63) is 54.6 Å². The van der Waals surface area contributed by atoms with Crippen molar-refractivity contribution in [3.8, 4) is 0 Å². The summed E-state index contributed by atoms with van der Waals surface area (Å²) >= 11 is 0. The van der Waals surface area contributed by atoms with Crippen molar-refractivity contribution in [2.45, 2.75) is 25.8 Å². The molecule has 1 amide bonds. The normalized spacial score (nSPS) is 15.4. The first-order chi connectivity index (χ1) is 12.7. The first-order valence-corrected chi connectivity index (χ1v) is 9.40. The van der Waals surface area contributed by atoms with Gasteiger partial charge in [0.05, 0.1) is 6.54 Å². The number of para-hydroxylation sites is 1. The topological polar surface area (TPSA) is 56.4 Å². The van der Waals surface area contributed by atoms with Crippen LogP contribution in [0.4, 0.5) is 17.1 Å². The molecule has 0 aromatic heterocycles. The van der Waals surface area contributed by atoms with Gasteiger partial charge in [0.1, 0.15) is 0 Å². The van der Waals surface area contributed by atoms with Gasteiger partial charge in [-0.15, -0.1) is 0 Å². The molecule has 0 unspecified atom stereocenters. The predicted octanol–water partition coefficient (Wildman–Crippen LogP) is 3.63. The number of hydrogen-bond acceptors (Lipinski definition) is 4. The Labute approximate surface area is 155 Å². The number of carbonyl (C=O) groups is 1. The standard InChI is InChI=1S/C21H28N4O/c1-2-22-17-8-10-19(11-9-17)24-21(26)16-25-14-12-20(13-15-25)23-18-6-4-3-5-7-18/h3-11,20,22-23H,2,12-16H2,1H3,(H,24,26). The molecule has 2 aromatic carbocycles. The Balaban J connectivity index is 1.40. The van der Waals surface area contributed by atoms with E-state index in [1.807, 2.05) is 42.5 Å².